The SMILES string of the molecule is [Cl][Fe]([Cl])([Cl])[Cl].[Fe+3].[c-]1[c-][c-][cH-][c-]1.c1cc[cH-]c1. The third-order valence-corrected chi connectivity index (χ3v) is 0.907. The molecule has 93 valence electrons. The van der Waals surface area contributed by atoms with Gasteiger partial charge < -0.3 is 30.3 Å². The Kier molecular flexibility index (Phi) is 14.9. The first kappa shape index (κ1) is 19.2. The van der Waals surface area contributed by atoms with Crippen LogP contribution in [0.4, 0.5) is 0 Å². The van der Waals surface area contributed by atoms with Crippen LogP contribution in [0.3, 0.4) is 0 Å². The van der Waals surface area contributed by atoms with Crippen LogP contribution in [0.15, 0.2) is 36.4 Å². The molecule has 0 amide bonds. The van der Waals surface area contributed by atoms with Crippen LogP contribution in [0.25, 0.3) is 0 Å². The summed E-state index contributed by atoms with van der Waals surface area (Å²) in [5, 5.41) is 0. The summed E-state index contributed by atoms with van der Waals surface area (Å²) in [6, 6.07) is 22.0. The second-order valence-electron chi connectivity index (χ2n) is 1.95. The van der Waals surface area contributed by atoms with Crippen LogP contribution in [-0.2, 0) is 26.3 Å². The van der Waals surface area contributed by atoms with Crippen molar-refractivity contribution in [3.05, 3.63) is 60.7 Å². The van der Waals surface area contributed by atoms with Gasteiger partial charge in [-0.05, 0) is 0 Å². The van der Waals surface area contributed by atoms with Crippen molar-refractivity contribution in [3.8, 4) is 0 Å². The molecule has 0 aliphatic carbocycles. The molecule has 6 heteroatoms. The maximum absolute atomic E-state index is 4.95. The van der Waals surface area contributed by atoms with Crippen molar-refractivity contribution in [1.29, 1.82) is 0 Å². The van der Waals surface area contributed by atoms with Crippen LogP contribution in [0.2, 0.25) is 0 Å². The fourth-order valence-corrected chi connectivity index (χ4v) is 0.501. The number of halogens is 4. The molecule has 0 spiro atoms. The van der Waals surface area contributed by atoms with Crippen molar-refractivity contribution < 1.29 is 26.3 Å². The van der Waals surface area contributed by atoms with Gasteiger partial charge in [0.15, 0.2) is 0 Å². The van der Waals surface area contributed by atoms with Gasteiger partial charge in [-0.1, -0.05) is 0 Å². The van der Waals surface area contributed by atoms with Crippen molar-refractivity contribution in [2.75, 3.05) is 0 Å². The van der Waals surface area contributed by atoms with E-state index < -0.39 is 9.20 Å². The predicted molar refractivity (Wildman–Crippen MR) is 62.8 cm³/mol. The van der Waals surface area contributed by atoms with E-state index in [-0.39, 0.29) is 17.1 Å². The molecule has 0 bridgehead atoms. The number of hydrogen-bond acceptors (Lipinski definition) is 0. The molecular weight excluding hydrogens is 374 g/mol. The van der Waals surface area contributed by atoms with Crippen LogP contribution in [-0.4, -0.2) is 0 Å². The quantitative estimate of drug-likeness (QED) is 0.457. The van der Waals surface area contributed by atoms with E-state index in [1.54, 1.807) is 6.07 Å². The Morgan fingerprint density at radius 2 is 1.25 bits per heavy atom. The smallest absolute Gasteiger partial charge is 0.999 e. The molecule has 0 aromatic heterocycles. The standard InChI is InChI=1S/C5H5.C5H.4ClH.2Fe/c2*1-2-4-5-3-1;;;;;;/h1-5H;1H;4*1H;;/q-1;-5;;;;;+3;+4/p-4. The number of rotatable bonds is 0. The Labute approximate surface area is 126 Å². The topological polar surface area (TPSA) is 0 Å². The first-order chi connectivity index (χ1) is 7.00. The van der Waals surface area contributed by atoms with E-state index in [2.05, 4.69) is 24.3 Å². The Bertz CT molecular complexity index is 220. The van der Waals surface area contributed by atoms with Crippen LogP contribution < -0.4 is 0 Å². The van der Waals surface area contributed by atoms with Gasteiger partial charge in [0, 0.05) is 0 Å². The third kappa shape index (κ3) is 24.2. The van der Waals surface area contributed by atoms with Gasteiger partial charge in [-0.2, -0.15) is 18.2 Å². The van der Waals surface area contributed by atoms with Gasteiger partial charge in [-0.15, -0.1) is 0 Å². The Hall–Kier alpha value is 0.899. The summed E-state index contributed by atoms with van der Waals surface area (Å²) in [6.07, 6.45) is 0. The van der Waals surface area contributed by atoms with Gasteiger partial charge >= 0.3 is 66.7 Å². The van der Waals surface area contributed by atoms with Crippen molar-refractivity contribution in [2.24, 2.45) is 0 Å². The summed E-state index contributed by atoms with van der Waals surface area (Å²) < 4.78 is 0. The minimum absolute atomic E-state index is 0. The molecule has 0 aliphatic rings. The first-order valence-electron chi connectivity index (χ1n) is 3.53. The zero-order valence-corrected chi connectivity index (χ0v) is 12.9. The summed E-state index contributed by atoms with van der Waals surface area (Å²) in [5.41, 5.74) is 0. The molecule has 0 atom stereocenters. The minimum Gasteiger partial charge on any atom is -0.999 e. The van der Waals surface area contributed by atoms with Gasteiger partial charge in [0.05, 0.1) is 0 Å². The largest absolute Gasteiger partial charge is 3.00 e. The molecule has 0 saturated carbocycles. The van der Waals surface area contributed by atoms with Gasteiger partial charge in [-0.25, -0.2) is 12.1 Å². The number of hydrogen-bond donors (Lipinski definition) is 0. The molecule has 1 radical (unpaired) electrons. The molecule has 0 unspecified atom stereocenters. The molecule has 16 heavy (non-hydrogen) atoms. The molecule has 2 rings (SSSR count). The molecular formula is C10H6Cl4Fe2-3. The van der Waals surface area contributed by atoms with Gasteiger partial charge in [0.2, 0.25) is 0 Å². The summed E-state index contributed by atoms with van der Waals surface area (Å²) in [6.45, 7) is 0. The molecule has 2 aromatic carbocycles. The zero-order valence-electron chi connectivity index (χ0n) is 7.68. The average molecular weight is 380 g/mol. The van der Waals surface area contributed by atoms with E-state index in [4.69, 9.17) is 40.4 Å². The van der Waals surface area contributed by atoms with Gasteiger partial charge in [0.25, 0.3) is 0 Å². The second-order valence-corrected chi connectivity index (χ2v) is 12.9. The van der Waals surface area contributed by atoms with Crippen LogP contribution in [0, 0.1) is 24.3 Å². The zero-order chi connectivity index (χ0) is 11.6. The molecule has 0 heterocycles. The Morgan fingerprint density at radius 3 is 1.38 bits per heavy atom. The molecule has 0 saturated heterocycles. The predicted octanol–water partition coefficient (Wildman–Crippen LogP) is 4.76. The van der Waals surface area contributed by atoms with Crippen molar-refractivity contribution >= 4 is 40.4 Å². The minimum atomic E-state index is -2.61. The van der Waals surface area contributed by atoms with Crippen molar-refractivity contribution in [2.45, 2.75) is 0 Å². The fraction of sp³-hybridized carbons (Fsp3) is 0. The summed E-state index contributed by atoms with van der Waals surface area (Å²) in [4.78, 5) is 0. The third-order valence-electron chi connectivity index (χ3n) is 0.907. The van der Waals surface area contributed by atoms with Gasteiger partial charge in [-0.3, -0.25) is 0 Å². The van der Waals surface area contributed by atoms with E-state index in [0.29, 0.717) is 0 Å². The maximum atomic E-state index is 4.95. The van der Waals surface area contributed by atoms with Crippen LogP contribution >= 0.6 is 40.4 Å². The second kappa shape index (κ2) is 12.4. The van der Waals surface area contributed by atoms with Crippen molar-refractivity contribution in [3.63, 3.8) is 0 Å². The molecule has 0 N–H and O–H groups in total. The van der Waals surface area contributed by atoms with Crippen LogP contribution in [0.1, 0.15) is 0 Å². The fourth-order valence-electron chi connectivity index (χ4n) is 0.501. The monoisotopic (exact) mass is 378 g/mol. The molecule has 0 aliphatic heterocycles. The first-order valence-corrected chi connectivity index (χ1v) is 9.61. The average Bonchev–Trinajstić information content (AvgIpc) is 2.81. The molecule has 0 fully saturated rings. The molecule has 2 aromatic rings. The van der Waals surface area contributed by atoms with E-state index in [1.807, 2.05) is 30.3 Å². The maximum Gasteiger partial charge on any atom is 3.00 e. The van der Waals surface area contributed by atoms with E-state index in [0.717, 1.165) is 0 Å². The Balaban J connectivity index is 0. The van der Waals surface area contributed by atoms with E-state index in [9.17, 15) is 0 Å². The normalized spacial score (nSPS) is 9.75. The summed E-state index contributed by atoms with van der Waals surface area (Å²) >= 11 is 0. The van der Waals surface area contributed by atoms with E-state index >= 15 is 0 Å². The summed E-state index contributed by atoms with van der Waals surface area (Å²) in [5.74, 6) is 0. The molecule has 0 nitrogen and oxygen atoms in total. The van der Waals surface area contributed by atoms with E-state index in [1.165, 1.54) is 0 Å². The Morgan fingerprint density at radius 1 is 0.875 bits per heavy atom. The van der Waals surface area contributed by atoms with Gasteiger partial charge in [0.1, 0.15) is 0 Å². The van der Waals surface area contributed by atoms with Crippen LogP contribution in [0.5, 0.6) is 0 Å². The van der Waals surface area contributed by atoms with Crippen molar-refractivity contribution in [1.82, 2.24) is 0 Å². The summed E-state index contributed by atoms with van der Waals surface area (Å²) in [7, 11) is 17.2.